The molecular weight excluding hydrogens is 360 g/mol. The number of benzene rings is 1. The van der Waals surface area contributed by atoms with Crippen LogP contribution < -0.4 is 10.2 Å². The first-order chi connectivity index (χ1) is 14.0. The summed E-state index contributed by atoms with van der Waals surface area (Å²) in [5.74, 6) is 7.16. The van der Waals surface area contributed by atoms with Gasteiger partial charge in [-0.3, -0.25) is 4.79 Å². The fraction of sp³-hybridized carbons (Fsp3) is 0.458. The van der Waals surface area contributed by atoms with Gasteiger partial charge in [0.1, 0.15) is 0 Å². The second kappa shape index (κ2) is 8.24. The molecule has 29 heavy (non-hydrogen) atoms. The van der Waals surface area contributed by atoms with Gasteiger partial charge in [-0.15, -0.1) is 0 Å². The number of carbonyl (C=O) groups is 1. The number of carbonyl (C=O) groups excluding carboxylic acids is 1. The van der Waals surface area contributed by atoms with Gasteiger partial charge in [0.25, 0.3) is 0 Å². The van der Waals surface area contributed by atoms with Crippen molar-refractivity contribution in [2.75, 3.05) is 18.0 Å². The first-order valence-corrected chi connectivity index (χ1v) is 10.5. The second-order valence-electron chi connectivity index (χ2n) is 8.55. The van der Waals surface area contributed by atoms with E-state index in [4.69, 9.17) is 0 Å². The normalized spacial score (nSPS) is 17.9. The minimum Gasteiger partial charge on any atom is -0.354 e. The maximum absolute atomic E-state index is 11.1. The van der Waals surface area contributed by atoms with Crippen LogP contribution in [0.15, 0.2) is 36.7 Å². The largest absolute Gasteiger partial charge is 0.354 e. The van der Waals surface area contributed by atoms with Crippen LogP contribution in [0.5, 0.6) is 0 Å². The van der Waals surface area contributed by atoms with Gasteiger partial charge in [0.15, 0.2) is 0 Å². The van der Waals surface area contributed by atoms with Gasteiger partial charge >= 0.3 is 0 Å². The molecule has 0 bridgehead atoms. The summed E-state index contributed by atoms with van der Waals surface area (Å²) in [5.41, 5.74) is 3.51. The van der Waals surface area contributed by atoms with Crippen molar-refractivity contribution in [1.82, 2.24) is 15.3 Å². The van der Waals surface area contributed by atoms with Crippen LogP contribution in [-0.4, -0.2) is 35.0 Å². The second-order valence-corrected chi connectivity index (χ2v) is 8.55. The lowest BCUT2D eigenvalue weighted by atomic mass is 9.68. The zero-order valence-corrected chi connectivity index (χ0v) is 17.2. The average Bonchev–Trinajstić information content (AvgIpc) is 3.14. The molecule has 1 aromatic carbocycles. The minimum atomic E-state index is 0.000462. The standard InChI is InChI=1S/C24H28N4O/c1-18(27-19(2)29)14-21-7-4-20(5-8-21)6-9-22-15-25-23(26-16-22)28-13-12-24(17-28)10-3-11-24/h4-5,7-8,15-16,18H,3,10-14,17H2,1-2H3,(H,27,29). The van der Waals surface area contributed by atoms with Crippen LogP contribution in [-0.2, 0) is 11.2 Å². The summed E-state index contributed by atoms with van der Waals surface area (Å²) in [6.45, 7) is 5.72. The van der Waals surface area contributed by atoms with E-state index in [1.54, 1.807) is 6.92 Å². The van der Waals surface area contributed by atoms with Gasteiger partial charge in [-0.2, -0.15) is 0 Å². The quantitative estimate of drug-likeness (QED) is 0.817. The zero-order chi connectivity index (χ0) is 20.3. The van der Waals surface area contributed by atoms with Crippen molar-refractivity contribution >= 4 is 11.9 Å². The van der Waals surface area contributed by atoms with Gasteiger partial charge in [0.2, 0.25) is 11.9 Å². The Balaban J connectivity index is 1.34. The molecule has 1 atom stereocenters. The molecule has 1 aliphatic heterocycles. The summed E-state index contributed by atoms with van der Waals surface area (Å²) in [7, 11) is 0. The number of nitrogens with zero attached hydrogens (tertiary/aromatic N) is 3. The first kappa shape index (κ1) is 19.4. The van der Waals surface area contributed by atoms with Gasteiger partial charge in [-0.05, 0) is 55.7 Å². The highest BCUT2D eigenvalue weighted by atomic mass is 16.1. The predicted octanol–water partition coefficient (Wildman–Crippen LogP) is 3.32. The van der Waals surface area contributed by atoms with Gasteiger partial charge in [-0.1, -0.05) is 30.4 Å². The molecule has 1 amide bonds. The Kier molecular flexibility index (Phi) is 5.53. The molecule has 1 spiro atoms. The molecule has 1 N–H and O–H groups in total. The van der Waals surface area contributed by atoms with Crippen LogP contribution in [0.25, 0.3) is 0 Å². The molecule has 2 fully saturated rings. The molecule has 0 radical (unpaired) electrons. The number of rotatable bonds is 4. The third-order valence-corrected chi connectivity index (χ3v) is 6.07. The first-order valence-electron chi connectivity index (χ1n) is 10.5. The minimum absolute atomic E-state index is 0.000462. The summed E-state index contributed by atoms with van der Waals surface area (Å²) in [6, 6.07) is 8.27. The third-order valence-electron chi connectivity index (χ3n) is 6.07. The van der Waals surface area contributed by atoms with E-state index < -0.39 is 0 Å². The van der Waals surface area contributed by atoms with E-state index in [2.05, 4.69) is 44.2 Å². The Labute approximate surface area is 172 Å². The van der Waals surface area contributed by atoms with E-state index in [0.29, 0.717) is 5.41 Å². The molecule has 2 aliphatic rings. The van der Waals surface area contributed by atoms with E-state index in [9.17, 15) is 4.79 Å². The van der Waals surface area contributed by atoms with Crippen LogP contribution in [0.2, 0.25) is 0 Å². The highest BCUT2D eigenvalue weighted by Crippen LogP contribution is 2.48. The van der Waals surface area contributed by atoms with Crippen molar-refractivity contribution in [1.29, 1.82) is 0 Å². The fourth-order valence-corrected chi connectivity index (χ4v) is 4.36. The molecule has 4 rings (SSSR count). The highest BCUT2D eigenvalue weighted by Gasteiger charge is 2.43. The van der Waals surface area contributed by atoms with Crippen molar-refractivity contribution in [2.24, 2.45) is 5.41 Å². The molecule has 2 aromatic rings. The molecule has 1 unspecified atom stereocenters. The summed E-state index contributed by atoms with van der Waals surface area (Å²) in [6.07, 6.45) is 9.82. The molecule has 2 heterocycles. The van der Waals surface area contributed by atoms with Crippen LogP contribution in [0.4, 0.5) is 5.95 Å². The van der Waals surface area contributed by atoms with Crippen molar-refractivity contribution in [2.45, 2.75) is 52.0 Å². The topological polar surface area (TPSA) is 58.1 Å². The van der Waals surface area contributed by atoms with Gasteiger partial charge in [-0.25, -0.2) is 9.97 Å². The Morgan fingerprint density at radius 1 is 1.14 bits per heavy atom. The molecule has 150 valence electrons. The number of amides is 1. The molecule has 1 saturated carbocycles. The van der Waals surface area contributed by atoms with Gasteiger partial charge < -0.3 is 10.2 Å². The monoisotopic (exact) mass is 388 g/mol. The number of hydrogen-bond acceptors (Lipinski definition) is 4. The molecule has 5 nitrogen and oxygen atoms in total. The SMILES string of the molecule is CC(=O)NC(C)Cc1ccc(C#Cc2cnc(N3CCC4(CCC4)C3)nc2)cc1. The van der Waals surface area contributed by atoms with Crippen LogP contribution in [0.1, 0.15) is 56.2 Å². The summed E-state index contributed by atoms with van der Waals surface area (Å²) < 4.78 is 0. The lowest BCUT2D eigenvalue weighted by Crippen LogP contribution is -2.33. The number of nitrogens with one attached hydrogen (secondary N) is 1. The smallest absolute Gasteiger partial charge is 0.225 e. The van der Waals surface area contributed by atoms with Crippen molar-refractivity contribution in [3.63, 3.8) is 0 Å². The highest BCUT2D eigenvalue weighted by molar-refractivity contribution is 5.73. The van der Waals surface area contributed by atoms with Crippen molar-refractivity contribution in [3.05, 3.63) is 53.3 Å². The summed E-state index contributed by atoms with van der Waals surface area (Å²) in [4.78, 5) is 22.5. The van der Waals surface area contributed by atoms with Crippen LogP contribution >= 0.6 is 0 Å². The summed E-state index contributed by atoms with van der Waals surface area (Å²) >= 11 is 0. The number of hydrogen-bond donors (Lipinski definition) is 1. The van der Waals surface area contributed by atoms with E-state index in [1.165, 1.54) is 31.2 Å². The van der Waals surface area contributed by atoms with E-state index in [0.717, 1.165) is 36.6 Å². The lowest BCUT2D eigenvalue weighted by molar-refractivity contribution is -0.119. The molecule has 1 aromatic heterocycles. The maximum Gasteiger partial charge on any atom is 0.225 e. The lowest BCUT2D eigenvalue weighted by Gasteiger charge is -2.37. The zero-order valence-electron chi connectivity index (χ0n) is 17.2. The predicted molar refractivity (Wildman–Crippen MR) is 115 cm³/mol. The molecule has 5 heteroatoms. The van der Waals surface area contributed by atoms with Crippen molar-refractivity contribution in [3.8, 4) is 11.8 Å². The van der Waals surface area contributed by atoms with Gasteiger partial charge in [0, 0.05) is 44.0 Å². The van der Waals surface area contributed by atoms with E-state index in [-0.39, 0.29) is 11.9 Å². The average molecular weight is 389 g/mol. The van der Waals surface area contributed by atoms with E-state index >= 15 is 0 Å². The molecular formula is C24H28N4O. The van der Waals surface area contributed by atoms with Crippen molar-refractivity contribution < 1.29 is 4.79 Å². The van der Waals surface area contributed by atoms with E-state index in [1.807, 2.05) is 31.5 Å². The van der Waals surface area contributed by atoms with Crippen LogP contribution in [0.3, 0.4) is 0 Å². The number of anilines is 1. The Morgan fingerprint density at radius 3 is 2.41 bits per heavy atom. The summed E-state index contributed by atoms with van der Waals surface area (Å²) in [5, 5.41) is 2.90. The Bertz CT molecular complexity index is 920. The Morgan fingerprint density at radius 2 is 1.83 bits per heavy atom. The Hall–Kier alpha value is -2.87. The molecule has 1 aliphatic carbocycles. The fourth-order valence-electron chi connectivity index (χ4n) is 4.36. The van der Waals surface area contributed by atoms with Gasteiger partial charge in [0.05, 0.1) is 5.56 Å². The third kappa shape index (κ3) is 4.76. The van der Waals surface area contributed by atoms with Crippen LogP contribution in [0, 0.1) is 17.3 Å². The molecule has 1 saturated heterocycles. The maximum atomic E-state index is 11.1. The number of aromatic nitrogens is 2.